The van der Waals surface area contributed by atoms with Crippen LogP contribution in [0.25, 0.3) is 0 Å². The normalized spacial score (nSPS) is 26.6. The molecule has 0 aliphatic carbocycles. The van der Waals surface area contributed by atoms with Crippen molar-refractivity contribution in [1.29, 1.82) is 0 Å². The first-order valence-electron chi connectivity index (χ1n) is 6.27. The van der Waals surface area contributed by atoms with Crippen molar-refractivity contribution in [2.75, 3.05) is 33.7 Å². The summed E-state index contributed by atoms with van der Waals surface area (Å²) in [6, 6.07) is 2.21. The number of piperidine rings is 1. The summed E-state index contributed by atoms with van der Waals surface area (Å²) in [7, 11) is 4.41. The molecule has 1 aliphatic rings. The first kappa shape index (κ1) is 13.0. The van der Waals surface area contributed by atoms with Gasteiger partial charge in [0.05, 0.1) is 0 Å². The van der Waals surface area contributed by atoms with Crippen molar-refractivity contribution >= 4 is 11.3 Å². The standard InChI is InChI=1S/C13H23N3S/c1-15-6-3-5-13(10-14,11-15)16(2)8-12-4-7-17-9-12/h4,7,9H,3,5-6,8,10-11,14H2,1-2H3. The van der Waals surface area contributed by atoms with Gasteiger partial charge >= 0.3 is 0 Å². The van der Waals surface area contributed by atoms with E-state index in [0.29, 0.717) is 0 Å². The number of nitrogens with zero attached hydrogens (tertiary/aromatic N) is 2. The molecule has 1 atom stereocenters. The summed E-state index contributed by atoms with van der Waals surface area (Å²) in [4.78, 5) is 4.85. The molecule has 0 saturated carbocycles. The van der Waals surface area contributed by atoms with Crippen LogP contribution in [-0.2, 0) is 6.54 Å². The van der Waals surface area contributed by atoms with E-state index in [-0.39, 0.29) is 5.54 Å². The van der Waals surface area contributed by atoms with Gasteiger partial charge in [-0.25, -0.2) is 0 Å². The summed E-state index contributed by atoms with van der Waals surface area (Å²) in [5.74, 6) is 0. The van der Waals surface area contributed by atoms with Crippen LogP contribution >= 0.6 is 11.3 Å². The number of nitrogens with two attached hydrogens (primary N) is 1. The molecule has 0 amide bonds. The molecule has 1 aliphatic heterocycles. The van der Waals surface area contributed by atoms with Crippen LogP contribution in [0.1, 0.15) is 18.4 Å². The fourth-order valence-corrected chi connectivity index (χ4v) is 3.46. The molecule has 3 nitrogen and oxygen atoms in total. The molecular weight excluding hydrogens is 230 g/mol. The second-order valence-corrected chi connectivity index (χ2v) is 6.04. The van der Waals surface area contributed by atoms with Crippen LogP contribution < -0.4 is 5.73 Å². The SMILES string of the molecule is CN1CCCC(CN)(N(C)Cc2ccsc2)C1. The highest BCUT2D eigenvalue weighted by Gasteiger charge is 2.36. The van der Waals surface area contributed by atoms with E-state index >= 15 is 0 Å². The monoisotopic (exact) mass is 253 g/mol. The van der Waals surface area contributed by atoms with Crippen molar-refractivity contribution in [3.8, 4) is 0 Å². The molecule has 0 radical (unpaired) electrons. The van der Waals surface area contributed by atoms with Gasteiger partial charge in [0.2, 0.25) is 0 Å². The molecule has 1 unspecified atom stereocenters. The van der Waals surface area contributed by atoms with Crippen LogP contribution in [-0.4, -0.2) is 49.1 Å². The van der Waals surface area contributed by atoms with Crippen LogP contribution in [0.2, 0.25) is 0 Å². The third-order valence-electron chi connectivity index (χ3n) is 3.94. The average Bonchev–Trinajstić information content (AvgIpc) is 2.81. The molecule has 1 aromatic heterocycles. The third-order valence-corrected chi connectivity index (χ3v) is 4.67. The number of thiophene rings is 1. The summed E-state index contributed by atoms with van der Waals surface area (Å²) < 4.78 is 0. The zero-order chi connectivity index (χ0) is 12.3. The summed E-state index contributed by atoms with van der Waals surface area (Å²) in [5.41, 5.74) is 7.63. The second kappa shape index (κ2) is 5.48. The lowest BCUT2D eigenvalue weighted by atomic mass is 9.87. The van der Waals surface area contributed by atoms with E-state index < -0.39 is 0 Å². The summed E-state index contributed by atoms with van der Waals surface area (Å²) in [6.45, 7) is 4.05. The van der Waals surface area contributed by atoms with Crippen LogP contribution in [0.3, 0.4) is 0 Å². The summed E-state index contributed by atoms with van der Waals surface area (Å²) >= 11 is 1.77. The lowest BCUT2D eigenvalue weighted by molar-refractivity contribution is 0.0397. The van der Waals surface area contributed by atoms with E-state index in [1.165, 1.54) is 24.9 Å². The van der Waals surface area contributed by atoms with Crippen molar-refractivity contribution in [1.82, 2.24) is 9.80 Å². The first-order chi connectivity index (χ1) is 8.16. The van der Waals surface area contributed by atoms with E-state index in [4.69, 9.17) is 5.73 Å². The fourth-order valence-electron chi connectivity index (χ4n) is 2.80. The van der Waals surface area contributed by atoms with Gasteiger partial charge in [0.25, 0.3) is 0 Å². The maximum Gasteiger partial charge on any atom is 0.0459 e. The van der Waals surface area contributed by atoms with Gasteiger partial charge in [0.1, 0.15) is 0 Å². The van der Waals surface area contributed by atoms with Gasteiger partial charge in [-0.2, -0.15) is 11.3 Å². The van der Waals surface area contributed by atoms with Gasteiger partial charge in [-0.05, 0) is 55.9 Å². The Morgan fingerprint density at radius 1 is 1.59 bits per heavy atom. The average molecular weight is 253 g/mol. The number of hydrogen-bond donors (Lipinski definition) is 1. The minimum Gasteiger partial charge on any atom is -0.329 e. The molecule has 2 heterocycles. The Kier molecular flexibility index (Phi) is 4.20. The summed E-state index contributed by atoms with van der Waals surface area (Å²) in [5, 5.41) is 4.37. The predicted octanol–water partition coefficient (Wildman–Crippen LogP) is 1.60. The summed E-state index contributed by atoms with van der Waals surface area (Å²) in [6.07, 6.45) is 2.47. The zero-order valence-electron chi connectivity index (χ0n) is 10.9. The Hall–Kier alpha value is -0.420. The molecule has 1 saturated heterocycles. The largest absolute Gasteiger partial charge is 0.329 e. The quantitative estimate of drug-likeness (QED) is 0.885. The highest BCUT2D eigenvalue weighted by Crippen LogP contribution is 2.26. The minimum atomic E-state index is 0.162. The fraction of sp³-hybridized carbons (Fsp3) is 0.692. The molecular formula is C13H23N3S. The lowest BCUT2D eigenvalue weighted by Gasteiger charge is -2.47. The van der Waals surface area contributed by atoms with Crippen molar-refractivity contribution < 1.29 is 0 Å². The Morgan fingerprint density at radius 3 is 3.00 bits per heavy atom. The molecule has 2 rings (SSSR count). The highest BCUT2D eigenvalue weighted by atomic mass is 32.1. The van der Waals surface area contributed by atoms with E-state index in [9.17, 15) is 0 Å². The van der Waals surface area contributed by atoms with Gasteiger partial charge in [-0.1, -0.05) is 0 Å². The lowest BCUT2D eigenvalue weighted by Crippen LogP contribution is -2.60. The van der Waals surface area contributed by atoms with E-state index in [2.05, 4.69) is 40.7 Å². The molecule has 1 fully saturated rings. The van der Waals surface area contributed by atoms with E-state index in [1.807, 2.05) is 0 Å². The van der Waals surface area contributed by atoms with Gasteiger partial charge in [0.15, 0.2) is 0 Å². The van der Waals surface area contributed by atoms with Gasteiger partial charge < -0.3 is 10.6 Å². The molecule has 2 N–H and O–H groups in total. The number of likely N-dealkylation sites (N-methyl/N-ethyl adjacent to an activating group) is 2. The van der Waals surface area contributed by atoms with Crippen LogP contribution in [0, 0.1) is 0 Å². The number of rotatable bonds is 4. The number of hydrogen-bond acceptors (Lipinski definition) is 4. The third kappa shape index (κ3) is 2.88. The van der Waals surface area contributed by atoms with Crippen molar-refractivity contribution in [3.63, 3.8) is 0 Å². The first-order valence-corrected chi connectivity index (χ1v) is 7.21. The topological polar surface area (TPSA) is 32.5 Å². The molecule has 17 heavy (non-hydrogen) atoms. The molecule has 0 bridgehead atoms. The molecule has 1 aromatic rings. The van der Waals surface area contributed by atoms with Gasteiger partial charge in [0, 0.05) is 25.2 Å². The maximum atomic E-state index is 6.06. The molecule has 0 spiro atoms. The zero-order valence-corrected chi connectivity index (χ0v) is 11.7. The smallest absolute Gasteiger partial charge is 0.0459 e. The Balaban J connectivity index is 2.06. The van der Waals surface area contributed by atoms with E-state index in [1.54, 1.807) is 11.3 Å². The van der Waals surface area contributed by atoms with Crippen molar-refractivity contribution in [2.45, 2.75) is 24.9 Å². The van der Waals surface area contributed by atoms with Gasteiger partial charge in [-0.15, -0.1) is 0 Å². The Labute approximate surface area is 108 Å². The Bertz CT molecular complexity index is 338. The number of likely N-dealkylation sites (tertiary alicyclic amines) is 1. The molecule has 4 heteroatoms. The van der Waals surface area contributed by atoms with Gasteiger partial charge in [-0.3, -0.25) is 4.90 Å². The minimum absolute atomic E-state index is 0.162. The van der Waals surface area contributed by atoms with Crippen LogP contribution in [0.15, 0.2) is 16.8 Å². The van der Waals surface area contributed by atoms with Crippen molar-refractivity contribution in [3.05, 3.63) is 22.4 Å². The predicted molar refractivity (Wildman–Crippen MR) is 74.3 cm³/mol. The molecule has 0 aromatic carbocycles. The Morgan fingerprint density at radius 2 is 2.41 bits per heavy atom. The van der Waals surface area contributed by atoms with E-state index in [0.717, 1.165) is 19.6 Å². The van der Waals surface area contributed by atoms with Crippen molar-refractivity contribution in [2.24, 2.45) is 5.73 Å². The highest BCUT2D eigenvalue weighted by molar-refractivity contribution is 7.07. The second-order valence-electron chi connectivity index (χ2n) is 5.26. The maximum absolute atomic E-state index is 6.06. The molecule has 96 valence electrons. The van der Waals surface area contributed by atoms with Crippen LogP contribution in [0.5, 0.6) is 0 Å². The van der Waals surface area contributed by atoms with Crippen LogP contribution in [0.4, 0.5) is 0 Å².